The average Bonchev–Trinajstić information content (AvgIpc) is 2.77. The average molecular weight is 487 g/mol. The number of carboxylic acids is 1. The van der Waals surface area contributed by atoms with Crippen molar-refractivity contribution in [1.82, 2.24) is 10.6 Å². The molecular weight excluding hydrogens is 438 g/mol. The van der Waals surface area contributed by atoms with Crippen LogP contribution in [0.2, 0.25) is 0 Å². The maximum absolute atomic E-state index is 12.3. The Bertz CT molecular complexity index is 585. The standard InChI is InChI=1S/C25H47N3O6/c1-4-34-25(33)22(15-12-13-18-26-21(2)29)27-23(30)16-11-9-7-5-6-8-10-14-19-28(3)20-17-24(31)32/h22H,4-20H2,1-3H3,(H,26,29)(H,27,30)(H,31,32)/p+1. The molecule has 2 amide bonds. The number of unbranched alkanes of at least 4 members (excludes halogenated alkanes) is 8. The third-order valence-electron chi connectivity index (χ3n) is 5.72. The van der Waals surface area contributed by atoms with E-state index in [4.69, 9.17) is 9.84 Å². The highest BCUT2D eigenvalue weighted by Crippen LogP contribution is 2.10. The van der Waals surface area contributed by atoms with Gasteiger partial charge in [0, 0.05) is 19.9 Å². The van der Waals surface area contributed by atoms with Crippen LogP contribution in [0.4, 0.5) is 0 Å². The number of ether oxygens (including phenoxy) is 1. The van der Waals surface area contributed by atoms with Crippen molar-refractivity contribution in [3.63, 3.8) is 0 Å². The van der Waals surface area contributed by atoms with Gasteiger partial charge in [0.25, 0.3) is 0 Å². The van der Waals surface area contributed by atoms with Gasteiger partial charge in [0.1, 0.15) is 6.04 Å². The third-order valence-corrected chi connectivity index (χ3v) is 5.72. The normalized spacial score (nSPS) is 12.6. The molecule has 0 aromatic heterocycles. The first-order valence-corrected chi connectivity index (χ1v) is 13.0. The summed E-state index contributed by atoms with van der Waals surface area (Å²) in [6.07, 6.45) is 11.3. The molecule has 0 heterocycles. The number of esters is 1. The summed E-state index contributed by atoms with van der Waals surface area (Å²) in [5, 5.41) is 14.2. The fraction of sp³-hybridized carbons (Fsp3) is 0.840. The lowest BCUT2D eigenvalue weighted by Crippen LogP contribution is -3.09. The maximum Gasteiger partial charge on any atom is 0.328 e. The van der Waals surface area contributed by atoms with Crippen molar-refractivity contribution in [1.29, 1.82) is 0 Å². The molecule has 4 N–H and O–H groups in total. The van der Waals surface area contributed by atoms with Crippen LogP contribution in [0.5, 0.6) is 0 Å². The molecular formula is C25H48N3O6+. The summed E-state index contributed by atoms with van der Waals surface area (Å²) < 4.78 is 5.08. The van der Waals surface area contributed by atoms with Crippen LogP contribution in [-0.4, -0.2) is 68.2 Å². The predicted molar refractivity (Wildman–Crippen MR) is 132 cm³/mol. The second-order valence-corrected chi connectivity index (χ2v) is 9.03. The fourth-order valence-electron chi connectivity index (χ4n) is 3.71. The minimum atomic E-state index is -0.731. The van der Waals surface area contributed by atoms with Gasteiger partial charge in [0.2, 0.25) is 11.8 Å². The largest absolute Gasteiger partial charge is 0.481 e. The first-order chi connectivity index (χ1) is 16.3. The summed E-state index contributed by atoms with van der Waals surface area (Å²) in [7, 11) is 2.04. The van der Waals surface area contributed by atoms with Crippen LogP contribution >= 0.6 is 0 Å². The van der Waals surface area contributed by atoms with Crippen molar-refractivity contribution in [2.75, 3.05) is 33.3 Å². The zero-order valence-corrected chi connectivity index (χ0v) is 21.6. The van der Waals surface area contributed by atoms with Crippen LogP contribution in [0.1, 0.15) is 97.3 Å². The lowest BCUT2D eigenvalue weighted by molar-refractivity contribution is -0.879. The second-order valence-electron chi connectivity index (χ2n) is 9.03. The van der Waals surface area contributed by atoms with Gasteiger partial charge in [-0.15, -0.1) is 0 Å². The summed E-state index contributed by atoms with van der Waals surface area (Å²) in [6.45, 7) is 5.75. The van der Waals surface area contributed by atoms with E-state index in [-0.39, 0.29) is 24.8 Å². The Kier molecular flexibility index (Phi) is 20.0. The topological polar surface area (TPSA) is 126 Å². The Balaban J connectivity index is 3.84. The summed E-state index contributed by atoms with van der Waals surface area (Å²) in [6, 6.07) is -0.630. The van der Waals surface area contributed by atoms with Gasteiger partial charge >= 0.3 is 11.9 Å². The molecule has 0 aliphatic carbocycles. The number of carbonyl (C=O) groups excluding carboxylic acids is 3. The molecule has 198 valence electrons. The van der Waals surface area contributed by atoms with E-state index >= 15 is 0 Å². The molecule has 0 radical (unpaired) electrons. The Hall–Kier alpha value is -2.16. The number of amides is 2. The van der Waals surface area contributed by atoms with Crippen LogP contribution in [0, 0.1) is 0 Å². The first-order valence-electron chi connectivity index (χ1n) is 13.0. The van der Waals surface area contributed by atoms with Gasteiger partial charge in [-0.3, -0.25) is 14.4 Å². The van der Waals surface area contributed by atoms with Crippen molar-refractivity contribution in [2.45, 2.75) is 103 Å². The number of hydrogen-bond acceptors (Lipinski definition) is 5. The van der Waals surface area contributed by atoms with Crippen LogP contribution in [0.25, 0.3) is 0 Å². The summed E-state index contributed by atoms with van der Waals surface area (Å²) in [4.78, 5) is 47.2. The minimum Gasteiger partial charge on any atom is -0.481 e. The molecule has 0 aromatic rings. The lowest BCUT2D eigenvalue weighted by atomic mass is 10.1. The summed E-state index contributed by atoms with van der Waals surface area (Å²) in [5.41, 5.74) is 0. The predicted octanol–water partition coefficient (Wildman–Crippen LogP) is 1.84. The zero-order valence-electron chi connectivity index (χ0n) is 21.6. The highest BCUT2D eigenvalue weighted by Gasteiger charge is 2.21. The maximum atomic E-state index is 12.3. The van der Waals surface area contributed by atoms with Gasteiger partial charge < -0.3 is 25.4 Å². The molecule has 0 aliphatic heterocycles. The number of quaternary nitrogens is 1. The SMILES string of the molecule is CCOC(=O)C(CCCCNC(C)=O)NC(=O)CCCCCCCCCC[NH+](C)CCC(=O)O. The number of carbonyl (C=O) groups is 4. The molecule has 0 saturated carbocycles. The Morgan fingerprint density at radius 2 is 1.47 bits per heavy atom. The lowest BCUT2D eigenvalue weighted by Gasteiger charge is -2.17. The van der Waals surface area contributed by atoms with E-state index in [9.17, 15) is 19.2 Å². The van der Waals surface area contributed by atoms with Crippen molar-refractivity contribution in [3.8, 4) is 0 Å². The second kappa shape index (κ2) is 21.4. The highest BCUT2D eigenvalue weighted by molar-refractivity contribution is 5.84. The van der Waals surface area contributed by atoms with E-state index in [0.29, 0.717) is 32.4 Å². The van der Waals surface area contributed by atoms with E-state index < -0.39 is 18.0 Å². The summed E-state index contributed by atoms with van der Waals surface area (Å²) in [5.74, 6) is -1.32. The van der Waals surface area contributed by atoms with Gasteiger partial charge in [0.15, 0.2) is 0 Å². The minimum absolute atomic E-state index is 0.0751. The van der Waals surface area contributed by atoms with Crippen LogP contribution < -0.4 is 15.5 Å². The van der Waals surface area contributed by atoms with E-state index in [2.05, 4.69) is 10.6 Å². The van der Waals surface area contributed by atoms with Crippen LogP contribution in [0.3, 0.4) is 0 Å². The number of rotatable bonds is 22. The molecule has 0 rings (SSSR count). The monoisotopic (exact) mass is 486 g/mol. The quantitative estimate of drug-likeness (QED) is 0.137. The van der Waals surface area contributed by atoms with Gasteiger partial charge in [-0.25, -0.2) is 4.79 Å². The van der Waals surface area contributed by atoms with E-state index in [1.807, 2.05) is 7.05 Å². The van der Waals surface area contributed by atoms with Crippen molar-refractivity contribution >= 4 is 23.8 Å². The smallest absolute Gasteiger partial charge is 0.328 e. The number of aliphatic carboxylic acids is 1. The molecule has 0 spiro atoms. The molecule has 0 fully saturated rings. The first kappa shape index (κ1) is 31.8. The molecule has 9 nitrogen and oxygen atoms in total. The Morgan fingerprint density at radius 1 is 0.853 bits per heavy atom. The summed E-state index contributed by atoms with van der Waals surface area (Å²) >= 11 is 0. The molecule has 0 aliphatic rings. The molecule has 2 unspecified atom stereocenters. The van der Waals surface area contributed by atoms with Crippen molar-refractivity contribution in [2.24, 2.45) is 0 Å². The number of hydrogen-bond donors (Lipinski definition) is 4. The van der Waals surface area contributed by atoms with Crippen molar-refractivity contribution < 1.29 is 33.9 Å². The molecule has 0 saturated heterocycles. The Labute approximate surface area is 205 Å². The zero-order chi connectivity index (χ0) is 25.6. The molecule has 34 heavy (non-hydrogen) atoms. The van der Waals surface area contributed by atoms with Gasteiger partial charge in [-0.1, -0.05) is 32.1 Å². The van der Waals surface area contributed by atoms with Crippen LogP contribution in [-0.2, 0) is 23.9 Å². The highest BCUT2D eigenvalue weighted by atomic mass is 16.5. The van der Waals surface area contributed by atoms with E-state index in [0.717, 1.165) is 45.1 Å². The van der Waals surface area contributed by atoms with Gasteiger partial charge in [0.05, 0.1) is 33.2 Å². The molecule has 2 atom stereocenters. The van der Waals surface area contributed by atoms with E-state index in [1.54, 1.807) is 6.92 Å². The Morgan fingerprint density at radius 3 is 2.06 bits per heavy atom. The number of nitrogens with one attached hydrogen (secondary N) is 3. The van der Waals surface area contributed by atoms with Crippen LogP contribution in [0.15, 0.2) is 0 Å². The molecule has 9 heteroatoms. The fourth-order valence-corrected chi connectivity index (χ4v) is 3.71. The number of carboxylic acid groups (broad SMARTS) is 1. The van der Waals surface area contributed by atoms with Gasteiger partial charge in [-0.2, -0.15) is 0 Å². The van der Waals surface area contributed by atoms with Crippen molar-refractivity contribution in [3.05, 3.63) is 0 Å². The molecule has 0 bridgehead atoms. The third kappa shape index (κ3) is 20.4. The molecule has 0 aromatic carbocycles. The van der Waals surface area contributed by atoms with E-state index in [1.165, 1.54) is 31.1 Å². The van der Waals surface area contributed by atoms with Gasteiger partial charge in [-0.05, 0) is 45.4 Å².